The fourth-order valence-electron chi connectivity index (χ4n) is 2.30. The molecule has 0 aliphatic carbocycles. The highest BCUT2D eigenvalue weighted by Gasteiger charge is 2.10. The summed E-state index contributed by atoms with van der Waals surface area (Å²) in [5, 5.41) is 1.01. The lowest BCUT2D eigenvalue weighted by Gasteiger charge is -2.11. The number of aromatic nitrogens is 1. The number of aryl methyl sites for hydroxylation is 1. The van der Waals surface area contributed by atoms with Crippen LogP contribution in [-0.4, -0.2) is 4.98 Å². The Morgan fingerprint density at radius 1 is 1.10 bits per heavy atom. The Balaban J connectivity index is 2.32. The number of nitrogens with zero attached hydrogens (tertiary/aromatic N) is 1. The summed E-state index contributed by atoms with van der Waals surface area (Å²) in [4.78, 5) is 4.75. The molecule has 0 unspecified atom stereocenters. The van der Waals surface area contributed by atoms with E-state index in [4.69, 9.17) is 10.8 Å². The Bertz CT molecular complexity index is 770. The highest BCUT2D eigenvalue weighted by molar-refractivity contribution is 9.10. The fraction of sp³-hybridized carbons (Fsp3) is 0.0625. The first-order valence-electron chi connectivity index (χ1n) is 6.32. The normalized spacial score (nSPS) is 10.8. The van der Waals surface area contributed by atoms with Crippen LogP contribution in [0.3, 0.4) is 0 Å². The molecular formula is C16H14BrN3. The number of hydrogen-bond donors (Lipinski definition) is 2. The Kier molecular flexibility index (Phi) is 3.42. The van der Waals surface area contributed by atoms with Crippen LogP contribution in [-0.2, 0) is 0 Å². The van der Waals surface area contributed by atoms with Crippen molar-refractivity contribution < 1.29 is 0 Å². The number of pyridine rings is 1. The van der Waals surface area contributed by atoms with Crippen molar-refractivity contribution in [2.75, 3.05) is 5.43 Å². The molecule has 3 rings (SSSR count). The lowest BCUT2D eigenvalue weighted by Crippen LogP contribution is -2.08. The van der Waals surface area contributed by atoms with Gasteiger partial charge in [-0.2, -0.15) is 0 Å². The van der Waals surface area contributed by atoms with E-state index in [0.29, 0.717) is 0 Å². The molecule has 100 valence electrons. The second-order valence-corrected chi connectivity index (χ2v) is 5.56. The Morgan fingerprint density at radius 3 is 2.55 bits per heavy atom. The number of halogens is 1. The smallest absolute Gasteiger partial charge is 0.0872 e. The van der Waals surface area contributed by atoms with E-state index in [-0.39, 0.29) is 0 Å². The number of benzene rings is 2. The summed E-state index contributed by atoms with van der Waals surface area (Å²) in [5.74, 6) is 5.67. The molecule has 3 nitrogen and oxygen atoms in total. The summed E-state index contributed by atoms with van der Waals surface area (Å²) in [7, 11) is 0. The molecule has 1 heterocycles. The van der Waals surface area contributed by atoms with Crippen LogP contribution in [0.5, 0.6) is 0 Å². The van der Waals surface area contributed by atoms with E-state index in [2.05, 4.69) is 40.4 Å². The van der Waals surface area contributed by atoms with Crippen LogP contribution in [0, 0.1) is 6.92 Å². The highest BCUT2D eigenvalue weighted by atomic mass is 79.9. The number of fused-ring (bicyclic) bond motifs is 1. The van der Waals surface area contributed by atoms with Crippen LogP contribution in [0.15, 0.2) is 53.0 Å². The molecule has 0 fully saturated rings. The van der Waals surface area contributed by atoms with Gasteiger partial charge < -0.3 is 5.43 Å². The first-order chi connectivity index (χ1) is 9.69. The first kappa shape index (κ1) is 13.1. The predicted molar refractivity (Wildman–Crippen MR) is 87.4 cm³/mol. The summed E-state index contributed by atoms with van der Waals surface area (Å²) in [5.41, 5.74) is 7.68. The zero-order chi connectivity index (χ0) is 14.1. The molecule has 0 amide bonds. The third kappa shape index (κ3) is 2.28. The lowest BCUT2D eigenvalue weighted by molar-refractivity contribution is 1.32. The Morgan fingerprint density at radius 2 is 1.85 bits per heavy atom. The minimum atomic E-state index is 0.873. The van der Waals surface area contributed by atoms with Crippen LogP contribution < -0.4 is 11.3 Å². The van der Waals surface area contributed by atoms with Gasteiger partial charge in [0.2, 0.25) is 0 Å². The summed E-state index contributed by atoms with van der Waals surface area (Å²) >= 11 is 3.59. The summed E-state index contributed by atoms with van der Waals surface area (Å²) in [6, 6.07) is 16.2. The van der Waals surface area contributed by atoms with Crippen molar-refractivity contribution in [1.29, 1.82) is 0 Å². The zero-order valence-electron chi connectivity index (χ0n) is 11.0. The van der Waals surface area contributed by atoms with E-state index in [1.165, 1.54) is 0 Å². The maximum atomic E-state index is 5.67. The fourth-order valence-corrected chi connectivity index (χ4v) is 2.96. The van der Waals surface area contributed by atoms with Crippen molar-refractivity contribution in [3.63, 3.8) is 0 Å². The summed E-state index contributed by atoms with van der Waals surface area (Å²) in [6.07, 6.45) is 0. The molecule has 0 atom stereocenters. The SMILES string of the molecule is Cc1cc(Br)c2nc(-c3ccccc3)cc(NN)c2c1. The van der Waals surface area contributed by atoms with E-state index in [1.54, 1.807) is 0 Å². The van der Waals surface area contributed by atoms with Gasteiger partial charge in [-0.1, -0.05) is 30.3 Å². The molecule has 0 saturated heterocycles. The molecule has 0 bridgehead atoms. The van der Waals surface area contributed by atoms with Gasteiger partial charge >= 0.3 is 0 Å². The largest absolute Gasteiger partial charge is 0.323 e. The van der Waals surface area contributed by atoms with Gasteiger partial charge in [0.05, 0.1) is 16.9 Å². The minimum Gasteiger partial charge on any atom is -0.323 e. The quantitative estimate of drug-likeness (QED) is 0.546. The molecule has 0 spiro atoms. The van der Waals surface area contributed by atoms with Crippen LogP contribution in [0.1, 0.15) is 5.56 Å². The Hall–Kier alpha value is -1.91. The number of nitrogens with one attached hydrogen (secondary N) is 1. The zero-order valence-corrected chi connectivity index (χ0v) is 12.6. The standard InChI is InChI=1S/C16H14BrN3/c1-10-7-12-15(20-18)9-14(11-5-3-2-4-6-11)19-16(12)13(17)8-10/h2-9H,18H2,1H3,(H,19,20). The minimum absolute atomic E-state index is 0.873. The number of rotatable bonds is 2. The van der Waals surface area contributed by atoms with E-state index in [9.17, 15) is 0 Å². The third-order valence-electron chi connectivity index (χ3n) is 3.24. The summed E-state index contributed by atoms with van der Waals surface area (Å²) in [6.45, 7) is 2.05. The van der Waals surface area contributed by atoms with E-state index in [0.717, 1.165) is 37.9 Å². The maximum absolute atomic E-state index is 5.67. The van der Waals surface area contributed by atoms with Crippen molar-refractivity contribution in [3.8, 4) is 11.3 Å². The molecule has 2 aromatic carbocycles. The number of hydrazine groups is 1. The molecule has 20 heavy (non-hydrogen) atoms. The second-order valence-electron chi connectivity index (χ2n) is 4.71. The molecule has 3 N–H and O–H groups in total. The molecule has 0 aliphatic heterocycles. The van der Waals surface area contributed by atoms with Gasteiger partial charge in [-0.3, -0.25) is 5.84 Å². The van der Waals surface area contributed by atoms with Crippen molar-refractivity contribution >= 4 is 32.5 Å². The molecule has 1 aromatic heterocycles. The predicted octanol–water partition coefficient (Wildman–Crippen LogP) is 4.26. The Labute approximate surface area is 125 Å². The van der Waals surface area contributed by atoms with Gasteiger partial charge in [-0.05, 0) is 46.6 Å². The number of nitrogen functional groups attached to an aromatic ring is 1. The van der Waals surface area contributed by atoms with Crippen LogP contribution >= 0.6 is 15.9 Å². The molecule has 0 aliphatic rings. The van der Waals surface area contributed by atoms with Crippen molar-refractivity contribution in [1.82, 2.24) is 4.98 Å². The van der Waals surface area contributed by atoms with Crippen molar-refractivity contribution in [2.45, 2.75) is 6.92 Å². The van der Waals surface area contributed by atoms with Crippen LogP contribution in [0.4, 0.5) is 5.69 Å². The number of nitrogens with two attached hydrogens (primary N) is 1. The van der Waals surface area contributed by atoms with E-state index in [1.807, 2.05) is 36.4 Å². The monoisotopic (exact) mass is 327 g/mol. The van der Waals surface area contributed by atoms with Crippen molar-refractivity contribution in [2.24, 2.45) is 5.84 Å². The number of anilines is 1. The van der Waals surface area contributed by atoms with Crippen LogP contribution in [0.25, 0.3) is 22.2 Å². The van der Waals surface area contributed by atoms with Gasteiger partial charge in [0.15, 0.2) is 0 Å². The van der Waals surface area contributed by atoms with Crippen LogP contribution in [0.2, 0.25) is 0 Å². The first-order valence-corrected chi connectivity index (χ1v) is 7.11. The highest BCUT2D eigenvalue weighted by Crippen LogP contribution is 2.32. The number of hydrogen-bond acceptors (Lipinski definition) is 3. The summed E-state index contributed by atoms with van der Waals surface area (Å²) < 4.78 is 0.974. The van der Waals surface area contributed by atoms with Gasteiger partial charge in [0.1, 0.15) is 0 Å². The molecule has 0 saturated carbocycles. The maximum Gasteiger partial charge on any atom is 0.0872 e. The van der Waals surface area contributed by atoms with Gasteiger partial charge in [-0.15, -0.1) is 0 Å². The lowest BCUT2D eigenvalue weighted by atomic mass is 10.1. The van der Waals surface area contributed by atoms with Crippen molar-refractivity contribution in [3.05, 3.63) is 58.6 Å². The van der Waals surface area contributed by atoms with E-state index >= 15 is 0 Å². The molecule has 4 heteroatoms. The van der Waals surface area contributed by atoms with E-state index < -0.39 is 0 Å². The molecule has 0 radical (unpaired) electrons. The average molecular weight is 328 g/mol. The topological polar surface area (TPSA) is 50.9 Å². The molecule has 3 aromatic rings. The molecular weight excluding hydrogens is 314 g/mol. The second kappa shape index (κ2) is 5.23. The third-order valence-corrected chi connectivity index (χ3v) is 3.84. The van der Waals surface area contributed by atoms with Gasteiger partial charge in [0, 0.05) is 15.4 Å². The van der Waals surface area contributed by atoms with Gasteiger partial charge in [-0.25, -0.2) is 4.98 Å². The van der Waals surface area contributed by atoms with Gasteiger partial charge in [0.25, 0.3) is 0 Å². The average Bonchev–Trinajstić information content (AvgIpc) is 2.47.